The van der Waals surface area contributed by atoms with E-state index < -0.39 is 0 Å². The van der Waals surface area contributed by atoms with E-state index in [1.54, 1.807) is 13.2 Å². The third-order valence-electron chi connectivity index (χ3n) is 6.95. The van der Waals surface area contributed by atoms with E-state index in [0.29, 0.717) is 11.3 Å². The molecule has 0 bridgehead atoms. The number of hydrogen-bond acceptors (Lipinski definition) is 6. The number of rotatable bonds is 3. The standard InChI is InChI=1S/C23H25FN6O/c1-28-11-15-7-18(31-2)4-5-19(15)30-21(12-28)26-27-22(30)16-8-23(9-16)13-29(14-23)20-6-3-17(24)10-25-20/h3-7,10,16H,8-9,11-14H2,1-2H3. The lowest BCUT2D eigenvalue weighted by atomic mass is 9.57. The molecule has 6 rings (SSSR count). The normalized spacial score (nSPS) is 19.9. The number of halogens is 1. The van der Waals surface area contributed by atoms with Gasteiger partial charge in [0.1, 0.15) is 23.2 Å². The summed E-state index contributed by atoms with van der Waals surface area (Å²) in [4.78, 5) is 8.71. The van der Waals surface area contributed by atoms with Crippen LogP contribution in [0.25, 0.3) is 5.69 Å². The van der Waals surface area contributed by atoms with Crippen molar-refractivity contribution in [2.75, 3.05) is 32.1 Å². The first-order valence-corrected chi connectivity index (χ1v) is 10.7. The molecule has 3 aromatic rings. The number of ether oxygens (including phenoxy) is 1. The van der Waals surface area contributed by atoms with E-state index in [4.69, 9.17) is 4.74 Å². The van der Waals surface area contributed by atoms with Crippen LogP contribution in [0.5, 0.6) is 5.75 Å². The maximum Gasteiger partial charge on any atom is 0.151 e. The molecule has 7 nitrogen and oxygen atoms in total. The zero-order valence-electron chi connectivity index (χ0n) is 17.8. The average molecular weight is 420 g/mol. The fourth-order valence-corrected chi connectivity index (χ4v) is 5.49. The van der Waals surface area contributed by atoms with Gasteiger partial charge in [-0.1, -0.05) is 0 Å². The van der Waals surface area contributed by atoms with Crippen molar-refractivity contribution in [1.82, 2.24) is 24.6 Å². The molecule has 1 saturated heterocycles. The Morgan fingerprint density at radius 3 is 2.68 bits per heavy atom. The van der Waals surface area contributed by atoms with Gasteiger partial charge in [-0.15, -0.1) is 10.2 Å². The summed E-state index contributed by atoms with van der Waals surface area (Å²) in [6, 6.07) is 9.50. The summed E-state index contributed by atoms with van der Waals surface area (Å²) in [7, 11) is 3.81. The number of pyridine rings is 1. The molecule has 0 radical (unpaired) electrons. The molecular formula is C23H25FN6O. The second-order valence-corrected chi connectivity index (χ2v) is 9.27. The first-order valence-electron chi connectivity index (χ1n) is 10.7. The summed E-state index contributed by atoms with van der Waals surface area (Å²) in [5, 5.41) is 9.19. The smallest absolute Gasteiger partial charge is 0.151 e. The van der Waals surface area contributed by atoms with Crippen LogP contribution >= 0.6 is 0 Å². The lowest BCUT2D eigenvalue weighted by Crippen LogP contribution is -2.62. The number of aromatic nitrogens is 4. The first kappa shape index (κ1) is 18.7. The van der Waals surface area contributed by atoms with Crippen molar-refractivity contribution in [3.63, 3.8) is 0 Å². The second-order valence-electron chi connectivity index (χ2n) is 9.27. The Balaban J connectivity index is 1.23. The first-order chi connectivity index (χ1) is 15.0. The summed E-state index contributed by atoms with van der Waals surface area (Å²) in [6.45, 7) is 3.56. The SMILES string of the molecule is COc1ccc2c(c1)CN(C)Cc1nnc(C3CC4(C3)CN(c3ccc(F)cn3)C4)n1-2. The van der Waals surface area contributed by atoms with Crippen LogP contribution in [0.1, 0.15) is 36.0 Å². The Hall–Kier alpha value is -3.00. The molecule has 2 fully saturated rings. The maximum atomic E-state index is 13.1. The molecule has 1 aromatic carbocycles. The highest BCUT2D eigenvalue weighted by atomic mass is 19.1. The highest BCUT2D eigenvalue weighted by Gasteiger charge is 2.54. The third kappa shape index (κ3) is 3.00. The van der Waals surface area contributed by atoms with Crippen LogP contribution in [0.3, 0.4) is 0 Å². The van der Waals surface area contributed by atoms with Crippen LogP contribution in [0.15, 0.2) is 36.5 Å². The molecule has 2 aliphatic heterocycles. The van der Waals surface area contributed by atoms with Gasteiger partial charge in [0, 0.05) is 31.0 Å². The van der Waals surface area contributed by atoms with Crippen LogP contribution in [0.4, 0.5) is 10.2 Å². The van der Waals surface area contributed by atoms with Gasteiger partial charge in [-0.2, -0.15) is 0 Å². The number of hydrogen-bond donors (Lipinski definition) is 0. The van der Waals surface area contributed by atoms with E-state index in [-0.39, 0.29) is 5.82 Å². The highest BCUT2D eigenvalue weighted by Crippen LogP contribution is 2.56. The van der Waals surface area contributed by atoms with Gasteiger partial charge in [0.2, 0.25) is 0 Å². The zero-order valence-corrected chi connectivity index (χ0v) is 17.8. The minimum atomic E-state index is -0.293. The van der Waals surface area contributed by atoms with Gasteiger partial charge in [-0.3, -0.25) is 9.47 Å². The van der Waals surface area contributed by atoms with Crippen LogP contribution in [0, 0.1) is 11.2 Å². The van der Waals surface area contributed by atoms with Gasteiger partial charge in [0.05, 0.1) is 25.5 Å². The van der Waals surface area contributed by atoms with E-state index in [1.165, 1.54) is 17.8 Å². The Morgan fingerprint density at radius 1 is 1.10 bits per heavy atom. The predicted octanol–water partition coefficient (Wildman–Crippen LogP) is 3.14. The van der Waals surface area contributed by atoms with Gasteiger partial charge in [-0.05, 0) is 55.8 Å². The quantitative estimate of drug-likeness (QED) is 0.649. The molecule has 0 atom stereocenters. The van der Waals surface area contributed by atoms with Crippen molar-refractivity contribution in [2.45, 2.75) is 31.8 Å². The largest absolute Gasteiger partial charge is 0.497 e. The predicted molar refractivity (Wildman–Crippen MR) is 114 cm³/mol. The van der Waals surface area contributed by atoms with Crippen molar-refractivity contribution < 1.29 is 9.13 Å². The monoisotopic (exact) mass is 420 g/mol. The van der Waals surface area contributed by atoms with Crippen molar-refractivity contribution in [1.29, 1.82) is 0 Å². The summed E-state index contributed by atoms with van der Waals surface area (Å²) < 4.78 is 20.9. The third-order valence-corrected chi connectivity index (χ3v) is 6.95. The molecule has 0 amide bonds. The van der Waals surface area contributed by atoms with Crippen molar-refractivity contribution in [3.05, 3.63) is 59.6 Å². The van der Waals surface area contributed by atoms with Crippen molar-refractivity contribution >= 4 is 5.82 Å². The number of nitrogens with zero attached hydrogens (tertiary/aromatic N) is 6. The molecule has 1 saturated carbocycles. The number of methoxy groups -OCH3 is 1. The minimum absolute atomic E-state index is 0.293. The summed E-state index contributed by atoms with van der Waals surface area (Å²) in [5.74, 6) is 3.91. The van der Waals surface area contributed by atoms with Gasteiger partial charge in [-0.25, -0.2) is 9.37 Å². The highest BCUT2D eigenvalue weighted by molar-refractivity contribution is 5.49. The van der Waals surface area contributed by atoms with E-state index in [1.807, 2.05) is 6.07 Å². The van der Waals surface area contributed by atoms with Crippen molar-refractivity contribution in [3.8, 4) is 11.4 Å². The molecule has 1 aliphatic carbocycles. The number of anilines is 1. The van der Waals surface area contributed by atoms with Crippen LogP contribution < -0.4 is 9.64 Å². The van der Waals surface area contributed by atoms with Gasteiger partial charge in [0.15, 0.2) is 5.82 Å². The number of fused-ring (bicyclic) bond motifs is 3. The zero-order chi connectivity index (χ0) is 21.2. The maximum absolute atomic E-state index is 13.1. The average Bonchev–Trinajstić information content (AvgIpc) is 3.03. The molecule has 2 aromatic heterocycles. The molecule has 0 N–H and O–H groups in total. The molecule has 160 valence electrons. The summed E-state index contributed by atoms with van der Waals surface area (Å²) in [5.41, 5.74) is 2.71. The molecule has 0 unspecified atom stereocenters. The Bertz CT molecular complexity index is 1130. The molecule has 4 heterocycles. The lowest BCUT2D eigenvalue weighted by Gasteiger charge is -2.59. The Morgan fingerprint density at radius 2 is 1.94 bits per heavy atom. The van der Waals surface area contributed by atoms with E-state index in [0.717, 1.165) is 67.9 Å². The molecule has 31 heavy (non-hydrogen) atoms. The van der Waals surface area contributed by atoms with E-state index in [2.05, 4.69) is 48.7 Å². The molecule has 3 aliphatic rings. The topological polar surface area (TPSA) is 59.3 Å². The molecule has 1 spiro atoms. The van der Waals surface area contributed by atoms with E-state index >= 15 is 0 Å². The van der Waals surface area contributed by atoms with Gasteiger partial charge < -0.3 is 9.64 Å². The van der Waals surface area contributed by atoms with Crippen LogP contribution in [0.2, 0.25) is 0 Å². The van der Waals surface area contributed by atoms with Gasteiger partial charge >= 0.3 is 0 Å². The second kappa shape index (κ2) is 6.75. The Labute approximate surface area is 180 Å². The molecular weight excluding hydrogens is 395 g/mol. The Kier molecular flexibility index (Phi) is 4.08. The lowest BCUT2D eigenvalue weighted by molar-refractivity contribution is 0.0581. The van der Waals surface area contributed by atoms with Crippen molar-refractivity contribution in [2.24, 2.45) is 5.41 Å². The minimum Gasteiger partial charge on any atom is -0.497 e. The number of benzene rings is 1. The summed E-state index contributed by atoms with van der Waals surface area (Å²) in [6.07, 6.45) is 3.49. The fraction of sp³-hybridized carbons (Fsp3) is 0.435. The molecule has 8 heteroatoms. The van der Waals surface area contributed by atoms with Crippen LogP contribution in [-0.4, -0.2) is 51.9 Å². The van der Waals surface area contributed by atoms with Gasteiger partial charge in [0.25, 0.3) is 0 Å². The van der Waals surface area contributed by atoms with E-state index in [9.17, 15) is 4.39 Å². The van der Waals surface area contributed by atoms with Crippen LogP contribution in [-0.2, 0) is 13.1 Å². The fourth-order valence-electron chi connectivity index (χ4n) is 5.49. The summed E-state index contributed by atoms with van der Waals surface area (Å²) >= 11 is 0.